The molecule has 0 aliphatic heterocycles. The first-order chi connectivity index (χ1) is 7.92. The van der Waals surface area contributed by atoms with Gasteiger partial charge < -0.3 is 4.74 Å². The molecule has 0 radical (unpaired) electrons. The molecule has 17 heavy (non-hydrogen) atoms. The standard InChI is InChI=1S/C14H19BrOSi/c1-16-13-8-9-14(15)12(11-13)7-5-6-10-17(2,3)4/h8-9,11H,5,7H2,1-4H3. The highest BCUT2D eigenvalue weighted by Crippen LogP contribution is 2.23. The van der Waals surface area contributed by atoms with Crippen molar-refractivity contribution in [2.24, 2.45) is 0 Å². The van der Waals surface area contributed by atoms with Gasteiger partial charge in [-0.1, -0.05) is 35.6 Å². The number of aryl methyl sites for hydroxylation is 1. The summed E-state index contributed by atoms with van der Waals surface area (Å²) in [6.07, 6.45) is 1.88. The van der Waals surface area contributed by atoms with E-state index < -0.39 is 8.07 Å². The van der Waals surface area contributed by atoms with Crippen molar-refractivity contribution in [3.05, 3.63) is 28.2 Å². The number of benzene rings is 1. The first-order valence-corrected chi connectivity index (χ1v) is 10.0. The van der Waals surface area contributed by atoms with Gasteiger partial charge in [-0.05, 0) is 30.2 Å². The molecule has 1 aromatic carbocycles. The van der Waals surface area contributed by atoms with Gasteiger partial charge in [-0.3, -0.25) is 0 Å². The molecule has 0 heterocycles. The summed E-state index contributed by atoms with van der Waals surface area (Å²) < 4.78 is 6.35. The van der Waals surface area contributed by atoms with Crippen molar-refractivity contribution in [2.75, 3.05) is 7.11 Å². The third-order valence-electron chi connectivity index (χ3n) is 2.24. The summed E-state index contributed by atoms with van der Waals surface area (Å²) in [5, 5.41) is 0. The molecule has 0 amide bonds. The van der Waals surface area contributed by atoms with Crippen LogP contribution in [0.2, 0.25) is 19.6 Å². The highest BCUT2D eigenvalue weighted by Gasteiger charge is 2.07. The third-order valence-corrected chi connectivity index (χ3v) is 3.94. The summed E-state index contributed by atoms with van der Waals surface area (Å²) >= 11 is 3.56. The highest BCUT2D eigenvalue weighted by atomic mass is 79.9. The minimum atomic E-state index is -1.22. The normalized spacial score (nSPS) is 10.6. The van der Waals surface area contributed by atoms with E-state index in [9.17, 15) is 0 Å². The van der Waals surface area contributed by atoms with E-state index in [1.807, 2.05) is 12.1 Å². The van der Waals surface area contributed by atoms with Gasteiger partial charge in [0.1, 0.15) is 13.8 Å². The molecular weight excluding hydrogens is 292 g/mol. The van der Waals surface area contributed by atoms with Crippen LogP contribution in [0.15, 0.2) is 22.7 Å². The Kier molecular flexibility index (Phi) is 5.29. The Bertz CT molecular complexity index is 438. The summed E-state index contributed by atoms with van der Waals surface area (Å²) in [7, 11) is 0.468. The molecule has 0 spiro atoms. The zero-order valence-electron chi connectivity index (χ0n) is 10.9. The minimum Gasteiger partial charge on any atom is -0.497 e. The average Bonchev–Trinajstić information content (AvgIpc) is 2.25. The van der Waals surface area contributed by atoms with Crippen LogP contribution in [0.3, 0.4) is 0 Å². The van der Waals surface area contributed by atoms with Crippen LogP contribution in [0.5, 0.6) is 5.75 Å². The van der Waals surface area contributed by atoms with Crippen LogP contribution in [0.4, 0.5) is 0 Å². The maximum atomic E-state index is 5.22. The molecular formula is C14H19BrOSi. The van der Waals surface area contributed by atoms with E-state index in [-0.39, 0.29) is 0 Å². The fourth-order valence-corrected chi connectivity index (χ4v) is 2.49. The van der Waals surface area contributed by atoms with E-state index in [4.69, 9.17) is 4.74 Å². The number of ether oxygens (including phenoxy) is 1. The Morgan fingerprint density at radius 2 is 2.00 bits per heavy atom. The Labute approximate surface area is 114 Å². The van der Waals surface area contributed by atoms with E-state index in [0.29, 0.717) is 0 Å². The molecule has 0 unspecified atom stereocenters. The van der Waals surface area contributed by atoms with Gasteiger partial charge in [-0.25, -0.2) is 0 Å². The van der Waals surface area contributed by atoms with Crippen molar-refractivity contribution in [3.63, 3.8) is 0 Å². The van der Waals surface area contributed by atoms with E-state index in [1.165, 1.54) is 5.56 Å². The molecule has 1 nitrogen and oxygen atoms in total. The molecule has 0 N–H and O–H groups in total. The van der Waals surface area contributed by atoms with Crippen LogP contribution in [0.1, 0.15) is 12.0 Å². The van der Waals surface area contributed by atoms with Gasteiger partial charge in [0, 0.05) is 10.9 Å². The summed E-state index contributed by atoms with van der Waals surface area (Å²) in [5.74, 6) is 4.19. The molecule has 0 saturated carbocycles. The predicted molar refractivity (Wildman–Crippen MR) is 80.1 cm³/mol. The van der Waals surface area contributed by atoms with E-state index in [2.05, 4.69) is 53.1 Å². The zero-order valence-corrected chi connectivity index (χ0v) is 13.5. The fourth-order valence-electron chi connectivity index (χ4n) is 1.39. The third kappa shape index (κ3) is 5.43. The fraction of sp³-hybridized carbons (Fsp3) is 0.429. The van der Waals surface area contributed by atoms with Gasteiger partial charge in [0.15, 0.2) is 0 Å². The van der Waals surface area contributed by atoms with E-state index >= 15 is 0 Å². The number of hydrogen-bond donors (Lipinski definition) is 0. The SMILES string of the molecule is COc1ccc(Br)c(CCC#C[Si](C)(C)C)c1. The van der Waals surface area contributed by atoms with Crippen molar-refractivity contribution < 1.29 is 4.74 Å². The minimum absolute atomic E-state index is 0.904. The van der Waals surface area contributed by atoms with Crippen LogP contribution in [0.25, 0.3) is 0 Å². The van der Waals surface area contributed by atoms with Gasteiger partial charge in [0.05, 0.1) is 7.11 Å². The smallest absolute Gasteiger partial charge is 0.129 e. The lowest BCUT2D eigenvalue weighted by atomic mass is 10.1. The number of methoxy groups -OCH3 is 1. The predicted octanol–water partition coefficient (Wildman–Crippen LogP) is 4.27. The van der Waals surface area contributed by atoms with Crippen molar-refractivity contribution in [1.82, 2.24) is 0 Å². The Hall–Kier alpha value is -0.723. The van der Waals surface area contributed by atoms with Gasteiger partial charge in [0.25, 0.3) is 0 Å². The summed E-state index contributed by atoms with van der Waals surface area (Å²) in [5.41, 5.74) is 4.64. The molecule has 0 aliphatic carbocycles. The topological polar surface area (TPSA) is 9.23 Å². The zero-order chi connectivity index (χ0) is 12.9. The second-order valence-electron chi connectivity index (χ2n) is 5.01. The first kappa shape index (κ1) is 14.3. The van der Waals surface area contributed by atoms with Crippen LogP contribution in [0, 0.1) is 11.5 Å². The van der Waals surface area contributed by atoms with Gasteiger partial charge >= 0.3 is 0 Å². The number of rotatable bonds is 3. The lowest BCUT2D eigenvalue weighted by Crippen LogP contribution is -2.16. The quantitative estimate of drug-likeness (QED) is 0.598. The van der Waals surface area contributed by atoms with Crippen molar-refractivity contribution in [1.29, 1.82) is 0 Å². The Morgan fingerprint density at radius 3 is 2.59 bits per heavy atom. The molecule has 0 atom stereocenters. The lowest BCUT2D eigenvalue weighted by molar-refractivity contribution is 0.414. The van der Waals surface area contributed by atoms with Crippen molar-refractivity contribution in [3.8, 4) is 17.2 Å². The second-order valence-corrected chi connectivity index (χ2v) is 10.6. The first-order valence-electron chi connectivity index (χ1n) is 5.75. The van der Waals surface area contributed by atoms with Gasteiger partial charge in [-0.2, -0.15) is 0 Å². The second kappa shape index (κ2) is 6.27. The molecule has 3 heteroatoms. The monoisotopic (exact) mass is 310 g/mol. The molecule has 0 bridgehead atoms. The Balaban J connectivity index is 2.65. The van der Waals surface area contributed by atoms with Crippen LogP contribution < -0.4 is 4.74 Å². The van der Waals surface area contributed by atoms with Gasteiger partial charge in [-0.15, -0.1) is 11.5 Å². The van der Waals surface area contributed by atoms with E-state index in [1.54, 1.807) is 7.11 Å². The average molecular weight is 311 g/mol. The maximum absolute atomic E-state index is 5.22. The van der Waals surface area contributed by atoms with Gasteiger partial charge in [0.2, 0.25) is 0 Å². The number of hydrogen-bond acceptors (Lipinski definition) is 1. The Morgan fingerprint density at radius 1 is 1.29 bits per heavy atom. The van der Waals surface area contributed by atoms with E-state index in [0.717, 1.165) is 23.1 Å². The molecule has 0 saturated heterocycles. The van der Waals surface area contributed by atoms with Crippen LogP contribution in [-0.4, -0.2) is 15.2 Å². The van der Waals surface area contributed by atoms with Crippen molar-refractivity contribution >= 4 is 24.0 Å². The highest BCUT2D eigenvalue weighted by molar-refractivity contribution is 9.10. The molecule has 0 fully saturated rings. The molecule has 0 aromatic heterocycles. The lowest BCUT2D eigenvalue weighted by Gasteiger charge is -2.06. The maximum Gasteiger partial charge on any atom is 0.129 e. The van der Waals surface area contributed by atoms with Crippen molar-refractivity contribution in [2.45, 2.75) is 32.5 Å². The molecule has 1 aromatic rings. The van der Waals surface area contributed by atoms with Crippen LogP contribution in [-0.2, 0) is 6.42 Å². The summed E-state index contributed by atoms with van der Waals surface area (Å²) in [4.78, 5) is 0. The number of halogens is 1. The van der Waals surface area contributed by atoms with Crippen LogP contribution >= 0.6 is 15.9 Å². The molecule has 0 aliphatic rings. The molecule has 92 valence electrons. The molecule has 1 rings (SSSR count). The largest absolute Gasteiger partial charge is 0.497 e. The summed E-state index contributed by atoms with van der Waals surface area (Å²) in [6.45, 7) is 6.80. The summed E-state index contributed by atoms with van der Waals surface area (Å²) in [6, 6.07) is 6.06.